The van der Waals surface area contributed by atoms with Crippen molar-refractivity contribution in [2.75, 3.05) is 25.1 Å². The van der Waals surface area contributed by atoms with Crippen molar-refractivity contribution in [1.29, 1.82) is 0 Å². The zero-order valence-corrected chi connectivity index (χ0v) is 14.3. The number of piperidine rings is 1. The molecule has 126 valence electrons. The Balaban J connectivity index is 1.75. The maximum absolute atomic E-state index is 11.2. The number of phenolic OH excluding ortho intramolecular Hbond substituents is 1. The molecular formula is C19H20ClNO3. The Morgan fingerprint density at radius 1 is 1.17 bits per heavy atom. The van der Waals surface area contributed by atoms with Crippen molar-refractivity contribution < 1.29 is 14.6 Å². The van der Waals surface area contributed by atoms with E-state index in [1.54, 1.807) is 6.07 Å². The molecule has 0 amide bonds. The number of anilines is 1. The number of methoxy groups -OCH3 is 1. The van der Waals surface area contributed by atoms with Gasteiger partial charge in [-0.1, -0.05) is 23.7 Å². The number of hydrogen-bond acceptors (Lipinski definition) is 4. The van der Waals surface area contributed by atoms with Crippen LogP contribution in [-0.2, 0) is 0 Å². The summed E-state index contributed by atoms with van der Waals surface area (Å²) < 4.78 is 5.12. The third-order valence-electron chi connectivity index (χ3n) is 4.67. The summed E-state index contributed by atoms with van der Waals surface area (Å²) in [5.74, 6) is 0.876. The normalized spacial score (nSPS) is 15.3. The Labute approximate surface area is 146 Å². The lowest BCUT2D eigenvalue weighted by atomic mass is 9.89. The summed E-state index contributed by atoms with van der Waals surface area (Å²) in [5, 5.41) is 11.1. The molecule has 2 aromatic rings. The Hall–Kier alpha value is -2.20. The number of ether oxygens (including phenoxy) is 1. The van der Waals surface area contributed by atoms with Crippen molar-refractivity contribution in [2.45, 2.75) is 18.8 Å². The number of carbonyl (C=O) groups excluding carboxylic acids is 1. The molecule has 1 fully saturated rings. The molecule has 1 aliphatic rings. The molecule has 0 radical (unpaired) electrons. The van der Waals surface area contributed by atoms with E-state index in [1.807, 2.05) is 18.2 Å². The maximum Gasteiger partial charge on any atom is 0.157 e. The molecule has 2 aromatic carbocycles. The van der Waals surface area contributed by atoms with Crippen molar-refractivity contribution in [2.24, 2.45) is 0 Å². The SMILES string of the molecule is COc1ccc(N2CCC(c3ccc(Cl)cc3)CC2)c(O)c1C=O. The maximum atomic E-state index is 11.2. The highest BCUT2D eigenvalue weighted by molar-refractivity contribution is 6.30. The van der Waals surface area contributed by atoms with E-state index in [4.69, 9.17) is 16.3 Å². The molecule has 1 heterocycles. The van der Waals surface area contributed by atoms with Crippen LogP contribution in [0.4, 0.5) is 5.69 Å². The summed E-state index contributed by atoms with van der Waals surface area (Å²) in [6.45, 7) is 1.65. The highest BCUT2D eigenvalue weighted by atomic mass is 35.5. The first-order valence-corrected chi connectivity index (χ1v) is 8.37. The van der Waals surface area contributed by atoms with Crippen LogP contribution in [0.3, 0.4) is 0 Å². The number of carbonyl (C=O) groups is 1. The van der Waals surface area contributed by atoms with E-state index in [9.17, 15) is 9.90 Å². The molecule has 4 nitrogen and oxygen atoms in total. The molecular weight excluding hydrogens is 326 g/mol. The number of halogens is 1. The van der Waals surface area contributed by atoms with E-state index < -0.39 is 0 Å². The van der Waals surface area contributed by atoms with Crippen LogP contribution in [0.5, 0.6) is 11.5 Å². The molecule has 0 atom stereocenters. The third kappa shape index (κ3) is 3.20. The summed E-state index contributed by atoms with van der Waals surface area (Å²) in [6.07, 6.45) is 2.62. The van der Waals surface area contributed by atoms with Gasteiger partial charge in [-0.25, -0.2) is 0 Å². The number of benzene rings is 2. The lowest BCUT2D eigenvalue weighted by Crippen LogP contribution is -2.33. The lowest BCUT2D eigenvalue weighted by Gasteiger charge is -2.34. The third-order valence-corrected chi connectivity index (χ3v) is 4.92. The van der Waals surface area contributed by atoms with Gasteiger partial charge in [0.25, 0.3) is 0 Å². The molecule has 5 heteroatoms. The van der Waals surface area contributed by atoms with Gasteiger partial charge in [-0.2, -0.15) is 0 Å². The van der Waals surface area contributed by atoms with Crippen LogP contribution in [0, 0.1) is 0 Å². The van der Waals surface area contributed by atoms with Gasteiger partial charge in [0.1, 0.15) is 11.3 Å². The van der Waals surface area contributed by atoms with Gasteiger partial charge >= 0.3 is 0 Å². The van der Waals surface area contributed by atoms with Crippen LogP contribution in [0.25, 0.3) is 0 Å². The minimum atomic E-state index is -0.00528. The van der Waals surface area contributed by atoms with Gasteiger partial charge < -0.3 is 14.7 Å². The summed E-state index contributed by atoms with van der Waals surface area (Å²) in [4.78, 5) is 13.4. The zero-order chi connectivity index (χ0) is 17.1. The van der Waals surface area contributed by atoms with E-state index in [0.717, 1.165) is 31.0 Å². The summed E-state index contributed by atoms with van der Waals surface area (Å²) in [6, 6.07) is 11.5. The molecule has 0 aliphatic carbocycles. The van der Waals surface area contributed by atoms with Crippen molar-refractivity contribution in [3.05, 3.63) is 52.5 Å². The van der Waals surface area contributed by atoms with Crippen molar-refractivity contribution in [3.8, 4) is 11.5 Å². The Bertz CT molecular complexity index is 722. The molecule has 0 bridgehead atoms. The number of nitrogens with zero attached hydrogens (tertiary/aromatic N) is 1. The Morgan fingerprint density at radius 3 is 2.42 bits per heavy atom. The first-order valence-electron chi connectivity index (χ1n) is 7.99. The van der Waals surface area contributed by atoms with E-state index in [1.165, 1.54) is 12.7 Å². The average molecular weight is 346 g/mol. The Kier molecular flexibility index (Phi) is 4.95. The number of phenols is 1. The second-order valence-electron chi connectivity index (χ2n) is 5.98. The number of hydrogen-bond donors (Lipinski definition) is 1. The molecule has 1 aliphatic heterocycles. The minimum absolute atomic E-state index is 0.00528. The standard InChI is InChI=1S/C19H20ClNO3/c1-24-18-7-6-17(19(23)16(18)12-22)21-10-8-14(9-11-21)13-2-4-15(20)5-3-13/h2-7,12,14,23H,8-11H2,1H3. The number of aldehydes is 1. The minimum Gasteiger partial charge on any atom is -0.505 e. The second-order valence-corrected chi connectivity index (χ2v) is 6.42. The topological polar surface area (TPSA) is 49.8 Å². The Morgan fingerprint density at radius 2 is 1.83 bits per heavy atom. The van der Waals surface area contributed by atoms with Crippen molar-refractivity contribution >= 4 is 23.6 Å². The van der Waals surface area contributed by atoms with Gasteiger partial charge in [0, 0.05) is 18.1 Å². The fourth-order valence-electron chi connectivity index (χ4n) is 3.31. The number of rotatable bonds is 4. The van der Waals surface area contributed by atoms with Gasteiger partial charge in [0.2, 0.25) is 0 Å². The molecule has 3 rings (SSSR count). The van der Waals surface area contributed by atoms with Gasteiger partial charge in [0.15, 0.2) is 12.0 Å². The molecule has 1 N–H and O–H groups in total. The quantitative estimate of drug-likeness (QED) is 0.841. The predicted molar refractivity (Wildman–Crippen MR) is 95.7 cm³/mol. The first kappa shape index (κ1) is 16.7. The van der Waals surface area contributed by atoms with Crippen LogP contribution < -0.4 is 9.64 Å². The van der Waals surface area contributed by atoms with Gasteiger partial charge in [0.05, 0.1) is 12.8 Å². The van der Waals surface area contributed by atoms with E-state index >= 15 is 0 Å². The van der Waals surface area contributed by atoms with Crippen molar-refractivity contribution in [1.82, 2.24) is 0 Å². The van der Waals surface area contributed by atoms with Gasteiger partial charge in [-0.3, -0.25) is 4.79 Å². The summed E-state index contributed by atoms with van der Waals surface area (Å²) in [7, 11) is 1.49. The monoisotopic (exact) mass is 345 g/mol. The fourth-order valence-corrected chi connectivity index (χ4v) is 3.44. The highest BCUT2D eigenvalue weighted by Gasteiger charge is 2.24. The summed E-state index contributed by atoms with van der Waals surface area (Å²) >= 11 is 5.95. The number of aromatic hydroxyl groups is 1. The molecule has 0 unspecified atom stereocenters. The van der Waals surface area contributed by atoms with Crippen LogP contribution in [0.2, 0.25) is 5.02 Å². The van der Waals surface area contributed by atoms with Crippen LogP contribution in [0.15, 0.2) is 36.4 Å². The predicted octanol–water partition coefficient (Wildman–Crippen LogP) is 4.25. The van der Waals surface area contributed by atoms with Crippen molar-refractivity contribution in [3.63, 3.8) is 0 Å². The lowest BCUT2D eigenvalue weighted by molar-refractivity contribution is 0.111. The first-order chi connectivity index (χ1) is 11.6. The average Bonchev–Trinajstić information content (AvgIpc) is 2.62. The molecule has 0 saturated carbocycles. The molecule has 0 aromatic heterocycles. The largest absolute Gasteiger partial charge is 0.505 e. The summed E-state index contributed by atoms with van der Waals surface area (Å²) in [5.41, 5.74) is 2.19. The molecule has 0 spiro atoms. The van der Waals surface area contributed by atoms with Gasteiger partial charge in [-0.15, -0.1) is 0 Å². The van der Waals surface area contributed by atoms with E-state index in [2.05, 4.69) is 17.0 Å². The van der Waals surface area contributed by atoms with Crippen LogP contribution in [-0.4, -0.2) is 31.6 Å². The van der Waals surface area contributed by atoms with Crippen LogP contribution in [0.1, 0.15) is 34.7 Å². The van der Waals surface area contributed by atoms with E-state index in [-0.39, 0.29) is 11.3 Å². The fraction of sp³-hybridized carbons (Fsp3) is 0.316. The smallest absolute Gasteiger partial charge is 0.157 e. The zero-order valence-electron chi connectivity index (χ0n) is 13.5. The van der Waals surface area contributed by atoms with Gasteiger partial charge in [-0.05, 0) is 48.6 Å². The highest BCUT2D eigenvalue weighted by Crippen LogP contribution is 2.39. The second kappa shape index (κ2) is 7.14. The molecule has 24 heavy (non-hydrogen) atoms. The van der Waals surface area contributed by atoms with Crippen LogP contribution >= 0.6 is 11.6 Å². The van der Waals surface area contributed by atoms with E-state index in [0.29, 0.717) is 23.6 Å². The molecule has 1 saturated heterocycles.